The Balaban J connectivity index is 1.80. The molecule has 5 nitrogen and oxygen atoms in total. The SMILES string of the molecule is O=C(Nc1ccccc1Cl)Nc1cccc2nsnc12. The lowest BCUT2D eigenvalue weighted by Crippen LogP contribution is -2.19. The van der Waals surface area contributed by atoms with Gasteiger partial charge in [0.2, 0.25) is 0 Å². The minimum absolute atomic E-state index is 0.376. The monoisotopic (exact) mass is 304 g/mol. The van der Waals surface area contributed by atoms with E-state index in [4.69, 9.17) is 11.6 Å². The van der Waals surface area contributed by atoms with Crippen LogP contribution in [0.1, 0.15) is 0 Å². The maximum absolute atomic E-state index is 12.0. The van der Waals surface area contributed by atoms with Crippen molar-refractivity contribution in [1.82, 2.24) is 8.75 Å². The minimum atomic E-state index is -0.376. The van der Waals surface area contributed by atoms with E-state index in [0.717, 1.165) is 17.2 Å². The van der Waals surface area contributed by atoms with Gasteiger partial charge in [0, 0.05) is 0 Å². The molecule has 2 N–H and O–H groups in total. The molecule has 2 amide bonds. The summed E-state index contributed by atoms with van der Waals surface area (Å²) in [4.78, 5) is 12.0. The molecule has 0 saturated heterocycles. The second kappa shape index (κ2) is 5.44. The number of hydrogen-bond donors (Lipinski definition) is 2. The van der Waals surface area contributed by atoms with Crippen LogP contribution >= 0.6 is 23.3 Å². The lowest BCUT2D eigenvalue weighted by molar-refractivity contribution is 0.262. The van der Waals surface area contributed by atoms with Crippen LogP contribution in [0.25, 0.3) is 11.0 Å². The number of carbonyl (C=O) groups excluding carboxylic acids is 1. The number of hydrogen-bond acceptors (Lipinski definition) is 4. The molecule has 100 valence electrons. The van der Waals surface area contributed by atoms with E-state index in [-0.39, 0.29) is 6.03 Å². The fraction of sp³-hybridized carbons (Fsp3) is 0. The maximum atomic E-state index is 12.0. The predicted molar refractivity (Wildman–Crippen MR) is 81.5 cm³/mol. The van der Waals surface area contributed by atoms with Gasteiger partial charge in [0.1, 0.15) is 11.0 Å². The zero-order valence-corrected chi connectivity index (χ0v) is 11.7. The number of rotatable bonds is 2. The van der Waals surface area contributed by atoms with Gasteiger partial charge in [-0.2, -0.15) is 8.75 Å². The highest BCUT2D eigenvalue weighted by Crippen LogP contribution is 2.23. The highest BCUT2D eigenvalue weighted by atomic mass is 35.5. The van der Waals surface area contributed by atoms with Crippen LogP contribution in [0.2, 0.25) is 5.02 Å². The van der Waals surface area contributed by atoms with Crippen molar-refractivity contribution in [3.8, 4) is 0 Å². The summed E-state index contributed by atoms with van der Waals surface area (Å²) in [6.07, 6.45) is 0. The fourth-order valence-electron chi connectivity index (χ4n) is 1.75. The molecule has 3 aromatic rings. The summed E-state index contributed by atoms with van der Waals surface area (Å²) >= 11 is 7.09. The lowest BCUT2D eigenvalue weighted by atomic mass is 10.2. The molecule has 0 spiro atoms. The summed E-state index contributed by atoms with van der Waals surface area (Å²) in [6, 6.07) is 12.1. The number of halogens is 1. The zero-order chi connectivity index (χ0) is 13.9. The molecule has 0 aliphatic heterocycles. The average Bonchev–Trinajstić information content (AvgIpc) is 2.91. The molecule has 0 radical (unpaired) electrons. The number of fused-ring (bicyclic) bond motifs is 1. The van der Waals surface area contributed by atoms with Crippen molar-refractivity contribution in [3.05, 3.63) is 47.5 Å². The van der Waals surface area contributed by atoms with Gasteiger partial charge in [-0.1, -0.05) is 29.8 Å². The van der Waals surface area contributed by atoms with E-state index in [1.807, 2.05) is 12.1 Å². The van der Waals surface area contributed by atoms with Crippen molar-refractivity contribution < 1.29 is 4.79 Å². The van der Waals surface area contributed by atoms with E-state index in [0.29, 0.717) is 21.9 Å². The van der Waals surface area contributed by atoms with Gasteiger partial charge in [-0.25, -0.2) is 4.79 Å². The van der Waals surface area contributed by atoms with E-state index in [2.05, 4.69) is 19.4 Å². The Hall–Kier alpha value is -2.18. The van der Waals surface area contributed by atoms with Crippen molar-refractivity contribution in [2.24, 2.45) is 0 Å². The Morgan fingerprint density at radius 1 is 1.00 bits per heavy atom. The normalized spacial score (nSPS) is 10.4. The van der Waals surface area contributed by atoms with Crippen LogP contribution in [-0.4, -0.2) is 14.8 Å². The van der Waals surface area contributed by atoms with Crippen LogP contribution in [0.5, 0.6) is 0 Å². The molecular weight excluding hydrogens is 296 g/mol. The maximum Gasteiger partial charge on any atom is 0.323 e. The molecule has 0 saturated carbocycles. The van der Waals surface area contributed by atoms with Crippen molar-refractivity contribution in [1.29, 1.82) is 0 Å². The van der Waals surface area contributed by atoms with E-state index in [9.17, 15) is 4.79 Å². The van der Waals surface area contributed by atoms with Crippen LogP contribution < -0.4 is 10.6 Å². The average molecular weight is 305 g/mol. The summed E-state index contributed by atoms with van der Waals surface area (Å²) in [5, 5.41) is 5.91. The Kier molecular flexibility index (Phi) is 3.49. The molecular formula is C13H9ClN4OS. The third-order valence-electron chi connectivity index (χ3n) is 2.66. The van der Waals surface area contributed by atoms with Gasteiger partial charge < -0.3 is 10.6 Å². The molecule has 3 rings (SSSR count). The number of nitrogens with zero attached hydrogens (tertiary/aromatic N) is 2. The molecule has 0 unspecified atom stereocenters. The number of aromatic nitrogens is 2. The number of nitrogens with one attached hydrogen (secondary N) is 2. The Morgan fingerprint density at radius 3 is 2.60 bits per heavy atom. The van der Waals surface area contributed by atoms with Gasteiger partial charge >= 0.3 is 6.03 Å². The Morgan fingerprint density at radius 2 is 1.75 bits per heavy atom. The first kappa shape index (κ1) is 12.8. The van der Waals surface area contributed by atoms with E-state index >= 15 is 0 Å². The third-order valence-corrected chi connectivity index (χ3v) is 3.53. The van der Waals surface area contributed by atoms with Crippen molar-refractivity contribution >= 4 is 51.8 Å². The largest absolute Gasteiger partial charge is 0.323 e. The topological polar surface area (TPSA) is 66.9 Å². The minimum Gasteiger partial charge on any atom is -0.306 e. The fourth-order valence-corrected chi connectivity index (χ4v) is 2.48. The van der Waals surface area contributed by atoms with Gasteiger partial charge in [0.25, 0.3) is 0 Å². The van der Waals surface area contributed by atoms with E-state index in [1.165, 1.54) is 0 Å². The number of benzene rings is 2. The molecule has 0 bridgehead atoms. The van der Waals surface area contributed by atoms with Gasteiger partial charge in [-0.3, -0.25) is 0 Å². The summed E-state index contributed by atoms with van der Waals surface area (Å²) in [5.41, 5.74) is 2.59. The molecule has 0 fully saturated rings. The van der Waals surface area contributed by atoms with Crippen LogP contribution in [0.4, 0.5) is 16.2 Å². The van der Waals surface area contributed by atoms with Gasteiger partial charge in [0.15, 0.2) is 0 Å². The molecule has 1 heterocycles. The second-order valence-electron chi connectivity index (χ2n) is 4.00. The first-order chi connectivity index (χ1) is 9.74. The van der Waals surface area contributed by atoms with Gasteiger partial charge in [0.05, 0.1) is 28.1 Å². The smallest absolute Gasteiger partial charge is 0.306 e. The number of amides is 2. The molecule has 0 aliphatic rings. The lowest BCUT2D eigenvalue weighted by Gasteiger charge is -2.08. The molecule has 20 heavy (non-hydrogen) atoms. The number of para-hydroxylation sites is 1. The Labute approximate surface area is 123 Å². The summed E-state index contributed by atoms with van der Waals surface area (Å²) in [5.74, 6) is 0. The molecule has 0 aliphatic carbocycles. The van der Waals surface area contributed by atoms with Gasteiger partial charge in [-0.05, 0) is 24.3 Å². The first-order valence-electron chi connectivity index (χ1n) is 5.78. The number of anilines is 2. The van der Waals surface area contributed by atoms with Crippen molar-refractivity contribution in [2.75, 3.05) is 10.6 Å². The highest BCUT2D eigenvalue weighted by molar-refractivity contribution is 7.00. The quantitative estimate of drug-likeness (QED) is 0.752. The van der Waals surface area contributed by atoms with E-state index < -0.39 is 0 Å². The standard InChI is InChI=1S/C13H9ClN4OS/c14-8-4-1-2-5-9(8)15-13(19)16-10-6-3-7-11-12(10)18-20-17-11/h1-7H,(H2,15,16,19). The third kappa shape index (κ3) is 2.56. The van der Waals surface area contributed by atoms with Crippen LogP contribution in [0.15, 0.2) is 42.5 Å². The van der Waals surface area contributed by atoms with Crippen LogP contribution in [0.3, 0.4) is 0 Å². The highest BCUT2D eigenvalue weighted by Gasteiger charge is 2.09. The first-order valence-corrected chi connectivity index (χ1v) is 6.89. The summed E-state index contributed by atoms with van der Waals surface area (Å²) < 4.78 is 8.28. The number of urea groups is 1. The molecule has 7 heteroatoms. The molecule has 0 atom stereocenters. The van der Waals surface area contributed by atoms with Gasteiger partial charge in [-0.15, -0.1) is 0 Å². The van der Waals surface area contributed by atoms with Crippen molar-refractivity contribution in [2.45, 2.75) is 0 Å². The van der Waals surface area contributed by atoms with Crippen molar-refractivity contribution in [3.63, 3.8) is 0 Å². The molecule has 2 aromatic carbocycles. The zero-order valence-electron chi connectivity index (χ0n) is 10.1. The number of carbonyl (C=O) groups is 1. The van der Waals surface area contributed by atoms with E-state index in [1.54, 1.807) is 30.3 Å². The van der Waals surface area contributed by atoms with Crippen LogP contribution in [0, 0.1) is 0 Å². The Bertz CT molecular complexity index is 774. The predicted octanol–water partition coefficient (Wildman–Crippen LogP) is 3.99. The van der Waals surface area contributed by atoms with Crippen LogP contribution in [-0.2, 0) is 0 Å². The summed E-state index contributed by atoms with van der Waals surface area (Å²) in [6.45, 7) is 0. The summed E-state index contributed by atoms with van der Waals surface area (Å²) in [7, 11) is 0. The second-order valence-corrected chi connectivity index (χ2v) is 4.93. The molecule has 1 aromatic heterocycles.